The number of nitrogens with zero attached hydrogens (tertiary/aromatic N) is 4. The van der Waals surface area contributed by atoms with Crippen molar-refractivity contribution in [1.29, 1.82) is 0 Å². The number of non-ortho nitro benzene ring substituents is 1. The largest absolute Gasteiger partial charge is 0.365 e. The number of nitrogens with one attached hydrogen (secondary N) is 1. The van der Waals surface area contributed by atoms with Gasteiger partial charge in [0.1, 0.15) is 5.82 Å². The maximum Gasteiger partial charge on any atom is 0.270 e. The van der Waals surface area contributed by atoms with E-state index in [1.54, 1.807) is 12.1 Å². The van der Waals surface area contributed by atoms with Crippen molar-refractivity contribution >= 4 is 17.4 Å². The summed E-state index contributed by atoms with van der Waals surface area (Å²) in [5.74, 6) is 1.63. The predicted octanol–water partition coefficient (Wildman–Crippen LogP) is 3.56. The maximum absolute atomic E-state index is 12.6. The molecule has 4 rings (SSSR count). The first kappa shape index (κ1) is 19.3. The summed E-state index contributed by atoms with van der Waals surface area (Å²) in [5, 5.41) is 14.5. The first-order valence-electron chi connectivity index (χ1n) is 10.2. The van der Waals surface area contributed by atoms with Crippen LogP contribution in [0.5, 0.6) is 0 Å². The van der Waals surface area contributed by atoms with E-state index in [9.17, 15) is 14.9 Å². The second-order valence-corrected chi connectivity index (χ2v) is 7.92. The van der Waals surface area contributed by atoms with Gasteiger partial charge in [-0.15, -0.1) is 0 Å². The van der Waals surface area contributed by atoms with Crippen molar-refractivity contribution in [3.8, 4) is 11.4 Å². The SMILES string of the molecule is Cc1cc(NC2CCN(C(=O)C3CCCC3)C2)nc(-c2cccc([N+](=O)[O-])c2)n1. The lowest BCUT2D eigenvalue weighted by atomic mass is 10.1. The van der Waals surface area contributed by atoms with Gasteiger partial charge in [0.2, 0.25) is 5.91 Å². The Labute approximate surface area is 169 Å². The molecule has 0 spiro atoms. The van der Waals surface area contributed by atoms with Crippen LogP contribution in [0.2, 0.25) is 0 Å². The number of nitro benzene ring substituents is 1. The first-order valence-corrected chi connectivity index (χ1v) is 10.2. The summed E-state index contributed by atoms with van der Waals surface area (Å²) in [4.78, 5) is 34.2. The normalized spacial score (nSPS) is 19.5. The van der Waals surface area contributed by atoms with Crippen molar-refractivity contribution in [2.45, 2.75) is 45.1 Å². The summed E-state index contributed by atoms with van der Waals surface area (Å²) >= 11 is 0. The standard InChI is InChI=1S/C21H25N5O3/c1-14-11-19(24-20(22-14)16-7-4-8-18(12-16)26(28)29)23-17-9-10-25(13-17)21(27)15-5-2-3-6-15/h4,7-8,11-12,15,17H,2-3,5-6,9-10,13H2,1H3,(H,22,23,24). The summed E-state index contributed by atoms with van der Waals surface area (Å²) in [7, 11) is 0. The summed E-state index contributed by atoms with van der Waals surface area (Å²) in [6, 6.07) is 8.34. The molecule has 1 atom stereocenters. The minimum Gasteiger partial charge on any atom is -0.365 e. The lowest BCUT2D eigenvalue weighted by Crippen LogP contribution is -2.35. The van der Waals surface area contributed by atoms with Gasteiger partial charge >= 0.3 is 0 Å². The number of benzene rings is 1. The van der Waals surface area contributed by atoms with Gasteiger partial charge in [0.15, 0.2) is 5.82 Å². The average molecular weight is 395 g/mol. The van der Waals surface area contributed by atoms with Crippen molar-refractivity contribution < 1.29 is 9.72 Å². The van der Waals surface area contributed by atoms with E-state index in [4.69, 9.17) is 0 Å². The molecular formula is C21H25N5O3. The summed E-state index contributed by atoms with van der Waals surface area (Å²) < 4.78 is 0. The smallest absolute Gasteiger partial charge is 0.270 e. The molecule has 152 valence electrons. The fourth-order valence-corrected chi connectivity index (χ4v) is 4.25. The van der Waals surface area contributed by atoms with Crippen LogP contribution in [0.3, 0.4) is 0 Å². The van der Waals surface area contributed by atoms with Crippen LogP contribution >= 0.6 is 0 Å². The van der Waals surface area contributed by atoms with Crippen LogP contribution in [-0.2, 0) is 4.79 Å². The molecule has 1 unspecified atom stereocenters. The summed E-state index contributed by atoms with van der Waals surface area (Å²) in [6.07, 6.45) is 5.24. The number of rotatable bonds is 5. The highest BCUT2D eigenvalue weighted by molar-refractivity contribution is 5.79. The molecule has 0 bridgehead atoms. The van der Waals surface area contributed by atoms with E-state index in [1.165, 1.54) is 12.1 Å². The fourth-order valence-electron chi connectivity index (χ4n) is 4.25. The molecular weight excluding hydrogens is 370 g/mol. The lowest BCUT2D eigenvalue weighted by Gasteiger charge is -2.21. The lowest BCUT2D eigenvalue weighted by molar-refractivity contribution is -0.384. The van der Waals surface area contributed by atoms with Crippen molar-refractivity contribution in [2.75, 3.05) is 18.4 Å². The summed E-state index contributed by atoms with van der Waals surface area (Å²) in [6.45, 7) is 3.33. The number of aryl methyl sites for hydroxylation is 1. The Hall–Kier alpha value is -3.03. The van der Waals surface area contributed by atoms with Gasteiger partial charge in [-0.2, -0.15) is 0 Å². The Morgan fingerprint density at radius 2 is 2.00 bits per heavy atom. The average Bonchev–Trinajstić information content (AvgIpc) is 3.39. The highest BCUT2D eigenvalue weighted by Gasteiger charge is 2.32. The van der Waals surface area contributed by atoms with E-state index in [1.807, 2.05) is 17.9 Å². The zero-order valence-electron chi connectivity index (χ0n) is 16.5. The number of anilines is 1. The molecule has 1 aromatic carbocycles. The number of aromatic nitrogens is 2. The Balaban J connectivity index is 1.46. The van der Waals surface area contributed by atoms with Crippen LogP contribution in [0.4, 0.5) is 11.5 Å². The van der Waals surface area contributed by atoms with E-state index in [2.05, 4.69) is 15.3 Å². The molecule has 2 fully saturated rings. The minimum atomic E-state index is -0.424. The van der Waals surface area contributed by atoms with Gasteiger partial charge in [0, 0.05) is 54.5 Å². The first-order chi connectivity index (χ1) is 14.0. The number of carbonyl (C=O) groups is 1. The Kier molecular flexibility index (Phi) is 5.42. The zero-order valence-corrected chi connectivity index (χ0v) is 16.5. The molecule has 2 aliphatic rings. The molecule has 1 aliphatic carbocycles. The second kappa shape index (κ2) is 8.14. The number of amides is 1. The third kappa shape index (κ3) is 4.36. The molecule has 2 aromatic rings. The molecule has 1 amide bonds. The molecule has 8 nitrogen and oxygen atoms in total. The van der Waals surface area contributed by atoms with Crippen LogP contribution in [0.15, 0.2) is 30.3 Å². The zero-order chi connectivity index (χ0) is 20.4. The van der Waals surface area contributed by atoms with Gasteiger partial charge in [-0.05, 0) is 26.2 Å². The van der Waals surface area contributed by atoms with E-state index < -0.39 is 4.92 Å². The third-order valence-electron chi connectivity index (χ3n) is 5.73. The van der Waals surface area contributed by atoms with Gasteiger partial charge in [-0.1, -0.05) is 25.0 Å². The van der Waals surface area contributed by atoms with Gasteiger partial charge in [0.05, 0.1) is 4.92 Å². The molecule has 0 radical (unpaired) electrons. The Bertz CT molecular complexity index is 926. The summed E-state index contributed by atoms with van der Waals surface area (Å²) in [5.41, 5.74) is 1.40. The van der Waals surface area contributed by atoms with Crippen molar-refractivity contribution in [3.63, 3.8) is 0 Å². The number of hydrogen-bond donors (Lipinski definition) is 1. The molecule has 1 N–H and O–H groups in total. The van der Waals surface area contributed by atoms with Gasteiger partial charge in [0.25, 0.3) is 5.69 Å². The third-order valence-corrected chi connectivity index (χ3v) is 5.73. The highest BCUT2D eigenvalue weighted by atomic mass is 16.6. The van der Waals surface area contributed by atoms with E-state index in [0.717, 1.165) is 44.3 Å². The number of nitro groups is 1. The van der Waals surface area contributed by atoms with E-state index in [0.29, 0.717) is 29.7 Å². The van der Waals surface area contributed by atoms with Gasteiger partial charge < -0.3 is 10.2 Å². The van der Waals surface area contributed by atoms with Gasteiger partial charge in [-0.3, -0.25) is 14.9 Å². The minimum absolute atomic E-state index is 0.0129. The van der Waals surface area contributed by atoms with E-state index in [-0.39, 0.29) is 17.6 Å². The molecule has 2 heterocycles. The molecule has 29 heavy (non-hydrogen) atoms. The van der Waals surface area contributed by atoms with Crippen molar-refractivity contribution in [1.82, 2.24) is 14.9 Å². The van der Waals surface area contributed by atoms with Crippen molar-refractivity contribution in [2.24, 2.45) is 5.92 Å². The molecule has 8 heteroatoms. The van der Waals surface area contributed by atoms with E-state index >= 15 is 0 Å². The molecule has 1 saturated heterocycles. The molecule has 1 saturated carbocycles. The van der Waals surface area contributed by atoms with Gasteiger partial charge in [-0.25, -0.2) is 9.97 Å². The monoisotopic (exact) mass is 395 g/mol. The van der Waals surface area contributed by atoms with Crippen molar-refractivity contribution in [3.05, 3.63) is 46.1 Å². The second-order valence-electron chi connectivity index (χ2n) is 7.92. The maximum atomic E-state index is 12.6. The molecule has 1 aliphatic heterocycles. The Morgan fingerprint density at radius 3 is 2.76 bits per heavy atom. The predicted molar refractivity (Wildman–Crippen MR) is 109 cm³/mol. The van der Waals surface area contributed by atoms with Crippen LogP contribution < -0.4 is 5.32 Å². The van der Waals surface area contributed by atoms with Crippen LogP contribution in [0, 0.1) is 23.0 Å². The van der Waals surface area contributed by atoms with Crippen LogP contribution in [0.1, 0.15) is 37.8 Å². The number of likely N-dealkylation sites (tertiary alicyclic amines) is 1. The van der Waals surface area contributed by atoms with Crippen LogP contribution in [0.25, 0.3) is 11.4 Å². The van der Waals surface area contributed by atoms with Crippen LogP contribution in [-0.4, -0.2) is 44.8 Å². The number of carbonyl (C=O) groups excluding carboxylic acids is 1. The topological polar surface area (TPSA) is 101 Å². The Morgan fingerprint density at radius 1 is 1.21 bits per heavy atom. The fraction of sp³-hybridized carbons (Fsp3) is 0.476. The molecule has 1 aromatic heterocycles. The number of hydrogen-bond acceptors (Lipinski definition) is 6. The highest BCUT2D eigenvalue weighted by Crippen LogP contribution is 2.28. The quantitative estimate of drug-likeness (QED) is 0.613.